The molecule has 26 heavy (non-hydrogen) atoms. The van der Waals surface area contributed by atoms with E-state index in [4.69, 9.17) is 46.9 Å². The number of rotatable bonds is 0. The minimum Gasteiger partial charge on any atom is -0.385 e. The van der Waals surface area contributed by atoms with Gasteiger partial charge in [-0.05, 0) is 11.8 Å². The Bertz CT molecular complexity index is 573. The number of phosphoric ester groups is 1. The van der Waals surface area contributed by atoms with Gasteiger partial charge in [0.15, 0.2) is 20.1 Å². The number of fused-ring (bicyclic) bond motifs is 2. The van der Waals surface area contributed by atoms with Crippen LogP contribution in [0.5, 0.6) is 0 Å². The van der Waals surface area contributed by atoms with E-state index in [2.05, 4.69) is 0 Å². The molecule has 2 radical (unpaired) electrons. The fourth-order valence-electron chi connectivity index (χ4n) is 2.70. The first-order valence-corrected chi connectivity index (χ1v) is 11.6. The molecule has 5 N–H and O–H groups in total. The highest BCUT2D eigenvalue weighted by molar-refractivity contribution is 8.21. The largest absolute Gasteiger partial charge is 0.472 e. The first kappa shape index (κ1) is 21.2. The van der Waals surface area contributed by atoms with Crippen molar-refractivity contribution < 1.29 is 57.5 Å². The lowest BCUT2D eigenvalue weighted by Crippen LogP contribution is -2.39. The van der Waals surface area contributed by atoms with Crippen molar-refractivity contribution in [3.63, 3.8) is 0 Å². The van der Waals surface area contributed by atoms with Crippen LogP contribution in [0.25, 0.3) is 0 Å². The summed E-state index contributed by atoms with van der Waals surface area (Å²) in [6, 6.07) is 0. The maximum Gasteiger partial charge on any atom is 0.472 e. The van der Waals surface area contributed by atoms with Gasteiger partial charge >= 0.3 is 7.82 Å². The molecule has 3 aliphatic heterocycles. The third kappa shape index (κ3) is 4.56. The summed E-state index contributed by atoms with van der Waals surface area (Å²) in [5.74, 6) is 0. The average molecular weight is 434 g/mol. The maximum absolute atomic E-state index is 12.1. The van der Waals surface area contributed by atoms with Crippen molar-refractivity contribution in [2.24, 2.45) is 0 Å². The SMILES string of the molecule is [B]P1(=S)OCC2OC(O)C(O)C2OP(=O)(O)OCC2OC(O)C(O)C2O1. The molecule has 10 unspecified atom stereocenters. The van der Waals surface area contributed by atoms with Crippen molar-refractivity contribution in [3.8, 4) is 0 Å². The Morgan fingerprint density at radius 3 is 1.88 bits per heavy atom. The Balaban J connectivity index is 1.85. The van der Waals surface area contributed by atoms with Gasteiger partial charge in [-0.3, -0.25) is 9.05 Å². The number of hydrogen-bond acceptors (Lipinski definition) is 12. The molecule has 0 aromatic carbocycles. The van der Waals surface area contributed by atoms with E-state index in [1.54, 1.807) is 0 Å². The van der Waals surface area contributed by atoms with Crippen LogP contribution in [0.3, 0.4) is 0 Å². The van der Waals surface area contributed by atoms with E-state index in [9.17, 15) is 29.9 Å². The van der Waals surface area contributed by atoms with Gasteiger partial charge < -0.3 is 43.8 Å². The normalized spacial score (nSPS) is 56.2. The summed E-state index contributed by atoms with van der Waals surface area (Å²) in [7, 11) is 1.05. The summed E-state index contributed by atoms with van der Waals surface area (Å²) >= 11 is 5.03. The van der Waals surface area contributed by atoms with E-state index >= 15 is 0 Å². The van der Waals surface area contributed by atoms with Crippen molar-refractivity contribution in [2.75, 3.05) is 13.2 Å². The smallest absolute Gasteiger partial charge is 0.385 e. The van der Waals surface area contributed by atoms with E-state index < -0.39 is 76.6 Å². The van der Waals surface area contributed by atoms with Crippen LogP contribution in [0.15, 0.2) is 0 Å². The summed E-state index contributed by atoms with van der Waals surface area (Å²) in [5.41, 5.74) is 0. The molecule has 3 aliphatic rings. The summed E-state index contributed by atoms with van der Waals surface area (Å²) in [5, 5.41) is 39.0. The zero-order valence-corrected chi connectivity index (χ0v) is 15.6. The van der Waals surface area contributed by atoms with Gasteiger partial charge in [0.25, 0.3) is 0 Å². The highest BCUT2D eigenvalue weighted by Gasteiger charge is 2.51. The van der Waals surface area contributed by atoms with Gasteiger partial charge in [-0.2, -0.15) is 0 Å². The van der Waals surface area contributed by atoms with Crippen molar-refractivity contribution in [3.05, 3.63) is 0 Å². The molecule has 12 nitrogen and oxygen atoms in total. The molecule has 3 saturated heterocycles. The summed E-state index contributed by atoms with van der Waals surface area (Å²) in [6.07, 6.45) is -15.3. The Morgan fingerprint density at radius 1 is 0.885 bits per heavy atom. The molecule has 0 bridgehead atoms. The standard InChI is InChI=1S/C10H17BO12P2S/c11-24(26)18-1-3-8(6(13)10(15)20-3)23-25(16,17)19-2-4-7(22-24)5(12)9(14)21-4/h3-10,12-15H,1-2H2,(H,16,17). The van der Waals surface area contributed by atoms with E-state index in [0.717, 1.165) is 0 Å². The van der Waals surface area contributed by atoms with Crippen LogP contribution in [0.4, 0.5) is 0 Å². The van der Waals surface area contributed by atoms with Crippen LogP contribution in [0.2, 0.25) is 0 Å². The average Bonchev–Trinajstić information content (AvgIpc) is 2.95. The molecule has 10 atom stereocenters. The fraction of sp³-hybridized carbons (Fsp3) is 1.00. The van der Waals surface area contributed by atoms with Gasteiger partial charge in [-0.25, -0.2) is 4.57 Å². The highest BCUT2D eigenvalue weighted by Crippen LogP contribution is 2.51. The quantitative estimate of drug-likeness (QED) is 0.199. The van der Waals surface area contributed by atoms with E-state index in [1.807, 2.05) is 0 Å². The minimum atomic E-state index is -4.75. The molecular formula is C10H17BO12P2S. The zero-order valence-electron chi connectivity index (χ0n) is 13.0. The van der Waals surface area contributed by atoms with E-state index in [1.165, 1.54) is 0 Å². The van der Waals surface area contributed by atoms with Crippen molar-refractivity contribution in [2.45, 2.75) is 49.2 Å². The van der Waals surface area contributed by atoms with Gasteiger partial charge in [-0.15, -0.1) is 0 Å². The maximum atomic E-state index is 12.1. The number of ether oxygens (including phenoxy) is 2. The van der Waals surface area contributed by atoms with Crippen LogP contribution in [-0.4, -0.2) is 95.3 Å². The fourth-order valence-corrected chi connectivity index (χ4v) is 5.16. The van der Waals surface area contributed by atoms with Crippen LogP contribution >= 0.6 is 14.2 Å². The van der Waals surface area contributed by atoms with Crippen LogP contribution in [-0.2, 0) is 43.9 Å². The molecule has 16 heteroatoms. The second-order valence-electron chi connectivity index (χ2n) is 5.85. The minimum absolute atomic E-state index is 0.455. The third-order valence-electron chi connectivity index (χ3n) is 3.96. The van der Waals surface area contributed by atoms with Crippen molar-refractivity contribution in [1.82, 2.24) is 0 Å². The summed E-state index contributed by atoms with van der Waals surface area (Å²) in [4.78, 5) is 9.83. The first-order valence-electron chi connectivity index (χ1n) is 7.39. The molecule has 0 aromatic heterocycles. The Morgan fingerprint density at radius 2 is 1.35 bits per heavy atom. The Kier molecular flexibility index (Phi) is 6.31. The van der Waals surface area contributed by atoms with Crippen molar-refractivity contribution >= 4 is 33.6 Å². The number of aliphatic hydroxyl groups excluding tert-OH is 4. The predicted octanol–water partition coefficient (Wildman–Crippen LogP) is -2.55. The molecular weight excluding hydrogens is 417 g/mol. The monoisotopic (exact) mass is 434 g/mol. The van der Waals surface area contributed by atoms with Crippen LogP contribution in [0, 0.1) is 0 Å². The van der Waals surface area contributed by atoms with Gasteiger partial charge in [0.1, 0.15) is 43.0 Å². The number of hydrogen-bond donors (Lipinski definition) is 5. The lowest BCUT2D eigenvalue weighted by Gasteiger charge is -2.30. The lowest BCUT2D eigenvalue weighted by atomic mass is 10.1. The Hall–Kier alpha value is 0.505. The molecule has 3 rings (SSSR count). The lowest BCUT2D eigenvalue weighted by molar-refractivity contribution is -0.133. The van der Waals surface area contributed by atoms with E-state index in [0.29, 0.717) is 0 Å². The highest BCUT2D eigenvalue weighted by atomic mass is 32.4. The summed E-state index contributed by atoms with van der Waals surface area (Å²) in [6.45, 7) is -1.09. The molecule has 0 amide bonds. The zero-order chi connectivity index (χ0) is 19.3. The molecule has 0 spiro atoms. The second kappa shape index (κ2) is 7.73. The van der Waals surface area contributed by atoms with Crippen LogP contribution in [0.1, 0.15) is 0 Å². The third-order valence-corrected chi connectivity index (χ3v) is 6.57. The number of phosphoric acid groups is 1. The molecule has 0 saturated carbocycles. The second-order valence-corrected chi connectivity index (χ2v) is 10.3. The predicted molar refractivity (Wildman–Crippen MR) is 85.3 cm³/mol. The summed E-state index contributed by atoms with van der Waals surface area (Å²) < 4.78 is 42.4. The van der Waals surface area contributed by atoms with E-state index in [-0.39, 0.29) is 0 Å². The van der Waals surface area contributed by atoms with Gasteiger partial charge in [0.2, 0.25) is 0 Å². The van der Waals surface area contributed by atoms with Crippen LogP contribution < -0.4 is 0 Å². The Labute approximate surface area is 154 Å². The van der Waals surface area contributed by atoms with Gasteiger partial charge in [0.05, 0.1) is 13.2 Å². The molecule has 3 heterocycles. The van der Waals surface area contributed by atoms with Crippen molar-refractivity contribution in [1.29, 1.82) is 0 Å². The topological polar surface area (TPSA) is 174 Å². The number of aliphatic hydroxyl groups is 4. The molecule has 0 aromatic rings. The molecule has 3 fully saturated rings. The molecule has 148 valence electrons. The first-order chi connectivity index (χ1) is 12.0. The molecule has 0 aliphatic carbocycles. The van der Waals surface area contributed by atoms with Gasteiger partial charge in [0, 0.05) is 0 Å². The van der Waals surface area contributed by atoms with Gasteiger partial charge in [-0.1, -0.05) is 0 Å².